The molecule has 0 aliphatic carbocycles. The van der Waals surface area contributed by atoms with E-state index in [1.54, 1.807) is 0 Å². The molecule has 0 aliphatic heterocycles. The van der Waals surface area contributed by atoms with Gasteiger partial charge in [0.15, 0.2) is 0 Å². The fourth-order valence-electron chi connectivity index (χ4n) is 1.48. The second kappa shape index (κ2) is 7.06. The molecule has 0 unspecified atom stereocenters. The minimum atomic E-state index is -3.11. The van der Waals surface area contributed by atoms with E-state index in [2.05, 4.69) is 5.32 Å². The quantitative estimate of drug-likeness (QED) is 0.478. The molecule has 0 heterocycles. The number of nitro groups is 1. The van der Waals surface area contributed by atoms with Crippen LogP contribution in [0.1, 0.15) is 16.8 Å². The van der Waals surface area contributed by atoms with Crippen LogP contribution in [-0.2, 0) is 9.84 Å². The van der Waals surface area contributed by atoms with Crippen molar-refractivity contribution in [1.82, 2.24) is 5.32 Å². The summed E-state index contributed by atoms with van der Waals surface area (Å²) in [5.41, 5.74) is -0.485. The highest BCUT2D eigenvalue weighted by Gasteiger charge is 2.19. The van der Waals surface area contributed by atoms with Crippen molar-refractivity contribution in [2.24, 2.45) is 0 Å². The van der Waals surface area contributed by atoms with Gasteiger partial charge in [0.25, 0.3) is 11.6 Å². The fraction of sp³-hybridized carbons (Fsp3) is 0.364. The number of carbonyl (C=O) groups is 1. The molecule has 0 spiro atoms. The molecule has 0 radical (unpaired) electrons. The van der Waals surface area contributed by atoms with Gasteiger partial charge in [-0.2, -0.15) is 0 Å². The van der Waals surface area contributed by atoms with Gasteiger partial charge in [0.2, 0.25) is 0 Å². The summed E-state index contributed by atoms with van der Waals surface area (Å²) in [5.74, 6) is -0.726. The first kappa shape index (κ1) is 17.7. The Labute approximate surface area is 131 Å². The average Bonchev–Trinajstić information content (AvgIpc) is 2.36. The normalized spacial score (nSPS) is 11.2. The van der Waals surface area contributed by atoms with Crippen LogP contribution in [0.2, 0.25) is 10.0 Å². The molecule has 0 aliphatic rings. The Morgan fingerprint density at radius 2 is 2.00 bits per heavy atom. The Hall–Kier alpha value is -1.38. The first-order valence-electron chi connectivity index (χ1n) is 5.71. The van der Waals surface area contributed by atoms with Crippen LogP contribution in [0, 0.1) is 10.1 Å². The molecule has 1 rings (SSSR count). The molecule has 1 aromatic rings. The molecule has 0 fully saturated rings. The number of hydrogen-bond donors (Lipinski definition) is 1. The van der Waals surface area contributed by atoms with E-state index in [0.29, 0.717) is 0 Å². The number of hydrogen-bond acceptors (Lipinski definition) is 5. The highest BCUT2D eigenvalue weighted by atomic mass is 35.5. The Kier molecular flexibility index (Phi) is 5.94. The zero-order chi connectivity index (χ0) is 16.2. The molecular formula is C11H12Cl2N2O5S. The maximum atomic E-state index is 11.9. The number of carbonyl (C=O) groups excluding carboxylic acids is 1. The first-order chi connectivity index (χ1) is 9.61. The summed E-state index contributed by atoms with van der Waals surface area (Å²) in [6, 6.07) is 2.06. The monoisotopic (exact) mass is 354 g/mol. The van der Waals surface area contributed by atoms with E-state index in [9.17, 15) is 23.3 Å². The lowest BCUT2D eigenvalue weighted by atomic mass is 10.2. The Bertz CT molecular complexity index is 675. The fourth-order valence-corrected chi connectivity index (χ4v) is 2.55. The molecule has 10 heteroatoms. The van der Waals surface area contributed by atoms with E-state index < -0.39 is 20.7 Å². The summed E-state index contributed by atoms with van der Waals surface area (Å²) >= 11 is 11.6. The Balaban J connectivity index is 2.80. The average molecular weight is 355 g/mol. The van der Waals surface area contributed by atoms with Gasteiger partial charge in [0.05, 0.1) is 26.3 Å². The van der Waals surface area contributed by atoms with Crippen LogP contribution in [0.3, 0.4) is 0 Å². The van der Waals surface area contributed by atoms with Crippen LogP contribution < -0.4 is 5.32 Å². The van der Waals surface area contributed by atoms with Crippen molar-refractivity contribution in [3.8, 4) is 0 Å². The molecule has 21 heavy (non-hydrogen) atoms. The predicted molar refractivity (Wildman–Crippen MR) is 79.8 cm³/mol. The maximum Gasteiger partial charge on any atom is 0.271 e. The third-order valence-electron chi connectivity index (χ3n) is 2.45. The third-order valence-corrected chi connectivity index (χ3v) is 4.28. The smallest absolute Gasteiger partial charge is 0.271 e. The van der Waals surface area contributed by atoms with Crippen LogP contribution >= 0.6 is 23.2 Å². The molecule has 116 valence electrons. The molecule has 0 atom stereocenters. The molecule has 0 aromatic heterocycles. The van der Waals surface area contributed by atoms with Crippen molar-refractivity contribution < 1.29 is 18.1 Å². The van der Waals surface area contributed by atoms with Gasteiger partial charge < -0.3 is 5.32 Å². The van der Waals surface area contributed by atoms with E-state index in [1.165, 1.54) is 0 Å². The number of nitrogens with zero attached hydrogens (tertiary/aromatic N) is 1. The number of rotatable bonds is 6. The number of sulfone groups is 1. The second-order valence-corrected chi connectivity index (χ2v) is 7.33. The van der Waals surface area contributed by atoms with Crippen LogP contribution in [0.4, 0.5) is 5.69 Å². The molecular weight excluding hydrogens is 343 g/mol. The van der Waals surface area contributed by atoms with E-state index in [4.69, 9.17) is 23.2 Å². The lowest BCUT2D eigenvalue weighted by Gasteiger charge is -2.07. The van der Waals surface area contributed by atoms with Crippen LogP contribution in [0.25, 0.3) is 0 Å². The van der Waals surface area contributed by atoms with E-state index in [0.717, 1.165) is 18.4 Å². The van der Waals surface area contributed by atoms with Gasteiger partial charge in [-0.25, -0.2) is 8.42 Å². The van der Waals surface area contributed by atoms with Crippen LogP contribution in [0.15, 0.2) is 12.1 Å². The number of benzene rings is 1. The van der Waals surface area contributed by atoms with E-state index in [-0.39, 0.29) is 40.0 Å². The molecule has 0 bridgehead atoms. The van der Waals surface area contributed by atoms with Crippen molar-refractivity contribution in [2.45, 2.75) is 6.42 Å². The van der Waals surface area contributed by atoms with Gasteiger partial charge >= 0.3 is 0 Å². The van der Waals surface area contributed by atoms with Gasteiger partial charge in [-0.1, -0.05) is 23.2 Å². The first-order valence-corrected chi connectivity index (χ1v) is 8.53. The number of nitro benzene ring substituents is 1. The number of non-ortho nitro benzene ring substituents is 1. The second-order valence-electron chi connectivity index (χ2n) is 4.29. The minimum Gasteiger partial charge on any atom is -0.352 e. The summed E-state index contributed by atoms with van der Waals surface area (Å²) in [5, 5.41) is 13.0. The van der Waals surface area contributed by atoms with E-state index >= 15 is 0 Å². The minimum absolute atomic E-state index is 0.0727. The van der Waals surface area contributed by atoms with Crippen LogP contribution in [0.5, 0.6) is 0 Å². The summed E-state index contributed by atoms with van der Waals surface area (Å²) < 4.78 is 21.9. The lowest BCUT2D eigenvalue weighted by Crippen LogP contribution is -2.26. The molecule has 1 N–H and O–H groups in total. The molecule has 1 amide bonds. The van der Waals surface area contributed by atoms with Gasteiger partial charge in [-0.3, -0.25) is 14.9 Å². The van der Waals surface area contributed by atoms with Crippen LogP contribution in [-0.4, -0.2) is 37.8 Å². The van der Waals surface area contributed by atoms with Gasteiger partial charge in [0.1, 0.15) is 9.84 Å². The molecule has 1 aromatic carbocycles. The highest BCUT2D eigenvalue weighted by Crippen LogP contribution is 2.30. The number of nitrogens with one attached hydrogen (secondary N) is 1. The van der Waals surface area contributed by atoms with Crippen molar-refractivity contribution >= 4 is 44.6 Å². The molecule has 0 saturated carbocycles. The summed E-state index contributed by atoms with van der Waals surface area (Å²) in [7, 11) is -3.11. The Morgan fingerprint density at radius 1 is 1.38 bits per heavy atom. The van der Waals surface area contributed by atoms with Gasteiger partial charge in [-0.15, -0.1) is 0 Å². The molecule has 7 nitrogen and oxygen atoms in total. The van der Waals surface area contributed by atoms with Crippen molar-refractivity contribution in [3.05, 3.63) is 37.9 Å². The van der Waals surface area contributed by atoms with Crippen molar-refractivity contribution in [2.75, 3.05) is 18.6 Å². The zero-order valence-corrected chi connectivity index (χ0v) is 13.3. The predicted octanol–water partition coefficient (Wildman–Crippen LogP) is 2.07. The Morgan fingerprint density at radius 3 is 2.52 bits per heavy atom. The largest absolute Gasteiger partial charge is 0.352 e. The van der Waals surface area contributed by atoms with Crippen molar-refractivity contribution in [3.63, 3.8) is 0 Å². The maximum absolute atomic E-state index is 11.9. The van der Waals surface area contributed by atoms with E-state index in [1.807, 2.05) is 0 Å². The number of amides is 1. The highest BCUT2D eigenvalue weighted by molar-refractivity contribution is 7.90. The standard InChI is InChI=1S/C11H12Cl2N2O5S/c1-21(19,20)4-2-3-14-11(16)8-5-7(15(17)18)6-9(12)10(8)13/h5-6H,2-4H2,1H3,(H,14,16). The number of halogens is 2. The summed E-state index contributed by atoms with van der Waals surface area (Å²) in [4.78, 5) is 21.9. The summed E-state index contributed by atoms with van der Waals surface area (Å²) in [6.45, 7) is 0.0997. The summed E-state index contributed by atoms with van der Waals surface area (Å²) in [6.07, 6.45) is 1.32. The lowest BCUT2D eigenvalue weighted by molar-refractivity contribution is -0.384. The molecule has 0 saturated heterocycles. The SMILES string of the molecule is CS(=O)(=O)CCCNC(=O)c1cc([N+](=O)[O-])cc(Cl)c1Cl. The van der Waals surface area contributed by atoms with Gasteiger partial charge in [-0.05, 0) is 6.42 Å². The zero-order valence-electron chi connectivity index (χ0n) is 10.9. The topological polar surface area (TPSA) is 106 Å². The third kappa shape index (κ3) is 5.49. The van der Waals surface area contributed by atoms with Crippen molar-refractivity contribution in [1.29, 1.82) is 0 Å². The van der Waals surface area contributed by atoms with Gasteiger partial charge in [0, 0.05) is 24.9 Å².